The lowest BCUT2D eigenvalue weighted by Crippen LogP contribution is -2.48. The fourth-order valence-electron chi connectivity index (χ4n) is 4.48. The Morgan fingerprint density at radius 3 is 2.56 bits per heavy atom. The summed E-state index contributed by atoms with van der Waals surface area (Å²) in [5, 5.41) is 2.94. The summed E-state index contributed by atoms with van der Waals surface area (Å²) in [6.45, 7) is 4.45. The molecule has 0 saturated carbocycles. The number of aryl methyl sites for hydroxylation is 1. The predicted molar refractivity (Wildman–Crippen MR) is 144 cm³/mol. The highest BCUT2D eigenvalue weighted by Crippen LogP contribution is 2.36. The molecule has 5 heterocycles. The largest absolute Gasteiger partial charge is 0.350 e. The summed E-state index contributed by atoms with van der Waals surface area (Å²) in [6.07, 6.45) is 4.27. The van der Waals surface area contributed by atoms with Crippen molar-refractivity contribution in [1.29, 1.82) is 0 Å². The van der Waals surface area contributed by atoms with Crippen molar-refractivity contribution in [1.82, 2.24) is 35.2 Å². The lowest BCUT2D eigenvalue weighted by Gasteiger charge is -2.35. The van der Waals surface area contributed by atoms with E-state index < -0.39 is 11.7 Å². The van der Waals surface area contributed by atoms with Crippen molar-refractivity contribution in [3.8, 4) is 22.6 Å². The van der Waals surface area contributed by atoms with Crippen molar-refractivity contribution in [2.24, 2.45) is 5.41 Å². The van der Waals surface area contributed by atoms with E-state index in [-0.39, 0.29) is 19.1 Å². The molecule has 1 fully saturated rings. The van der Waals surface area contributed by atoms with Gasteiger partial charge in [-0.25, -0.2) is 4.98 Å². The maximum absolute atomic E-state index is 13.0. The molecule has 0 aliphatic carbocycles. The number of rotatable bonds is 6. The minimum absolute atomic E-state index is 0.159. The van der Waals surface area contributed by atoms with Gasteiger partial charge in [0.2, 0.25) is 12.2 Å². The molecular weight excluding hydrogens is 494 g/mol. The molecule has 10 nitrogen and oxygen atoms in total. The topological polar surface area (TPSA) is 128 Å². The van der Waals surface area contributed by atoms with Gasteiger partial charge in [0, 0.05) is 29.8 Å². The maximum atomic E-state index is 13.0. The van der Waals surface area contributed by atoms with Gasteiger partial charge >= 0.3 is 0 Å². The number of H-pyrrole nitrogens is 1. The van der Waals surface area contributed by atoms with Crippen molar-refractivity contribution in [2.45, 2.75) is 26.7 Å². The Balaban J connectivity index is 1.25. The normalized spacial score (nSPS) is 19.2. The molecule has 1 aliphatic rings. The number of hydrogen-bond acceptors (Lipinski definition) is 8. The summed E-state index contributed by atoms with van der Waals surface area (Å²) < 4.78 is 12.1. The minimum Gasteiger partial charge on any atom is -0.350 e. The number of imidazole rings is 1. The number of aromatic amines is 1. The first-order chi connectivity index (χ1) is 19.0. The molecule has 0 unspecified atom stereocenters. The molecule has 1 aliphatic heterocycles. The number of carbonyl (C=O) groups is 1. The number of pyridine rings is 2. The molecule has 39 heavy (non-hydrogen) atoms. The van der Waals surface area contributed by atoms with Crippen LogP contribution < -0.4 is 5.32 Å². The quantitative estimate of drug-likeness (QED) is 0.341. The first-order valence-electron chi connectivity index (χ1n) is 12.6. The third-order valence-corrected chi connectivity index (χ3v) is 6.64. The van der Waals surface area contributed by atoms with Crippen LogP contribution in [0.4, 0.5) is 0 Å². The van der Waals surface area contributed by atoms with Crippen LogP contribution in [0.5, 0.6) is 0 Å². The zero-order valence-corrected chi connectivity index (χ0v) is 21.6. The van der Waals surface area contributed by atoms with Crippen LogP contribution in [0.1, 0.15) is 30.4 Å². The lowest BCUT2D eigenvalue weighted by atomic mass is 9.91. The van der Waals surface area contributed by atoms with E-state index in [2.05, 4.69) is 25.3 Å². The van der Waals surface area contributed by atoms with Gasteiger partial charge in [-0.05, 0) is 50.2 Å². The smallest absolute Gasteiger partial charge is 0.230 e. The number of nitrogens with one attached hydrogen (secondary N) is 2. The summed E-state index contributed by atoms with van der Waals surface area (Å²) >= 11 is 0. The Labute approximate surface area is 224 Å². The Morgan fingerprint density at radius 1 is 0.974 bits per heavy atom. The van der Waals surface area contributed by atoms with E-state index in [9.17, 15) is 4.79 Å². The van der Waals surface area contributed by atoms with Crippen LogP contribution in [-0.2, 0) is 20.8 Å². The summed E-state index contributed by atoms with van der Waals surface area (Å²) in [7, 11) is 0. The van der Waals surface area contributed by atoms with Crippen LogP contribution in [0.15, 0.2) is 73.2 Å². The molecule has 0 bridgehead atoms. The van der Waals surface area contributed by atoms with Crippen molar-refractivity contribution in [3.63, 3.8) is 0 Å². The first kappa shape index (κ1) is 24.8. The third kappa shape index (κ3) is 5.12. The van der Waals surface area contributed by atoms with Gasteiger partial charge < -0.3 is 19.8 Å². The number of amides is 1. The van der Waals surface area contributed by atoms with Crippen LogP contribution in [0.2, 0.25) is 0 Å². The van der Waals surface area contributed by atoms with Crippen molar-refractivity contribution in [2.75, 3.05) is 13.2 Å². The van der Waals surface area contributed by atoms with Crippen LogP contribution in [0.25, 0.3) is 33.7 Å². The molecule has 1 amide bonds. The number of aromatic nitrogens is 6. The van der Waals surface area contributed by atoms with Crippen LogP contribution in [0, 0.1) is 12.3 Å². The van der Waals surface area contributed by atoms with E-state index in [1.807, 2.05) is 68.4 Å². The van der Waals surface area contributed by atoms with E-state index in [0.717, 1.165) is 39.4 Å². The van der Waals surface area contributed by atoms with Gasteiger partial charge in [-0.2, -0.15) is 0 Å². The number of carbonyl (C=O) groups excluding carboxylic acids is 1. The summed E-state index contributed by atoms with van der Waals surface area (Å²) in [4.78, 5) is 39.0. The number of benzene rings is 1. The number of nitrogens with zero attached hydrogens (tertiary/aromatic N) is 5. The van der Waals surface area contributed by atoms with E-state index in [0.29, 0.717) is 18.1 Å². The average Bonchev–Trinajstić information content (AvgIpc) is 3.42. The van der Waals surface area contributed by atoms with Crippen LogP contribution >= 0.6 is 0 Å². The minimum atomic E-state index is -0.849. The zero-order valence-electron chi connectivity index (χ0n) is 21.6. The van der Waals surface area contributed by atoms with Gasteiger partial charge in [0.1, 0.15) is 0 Å². The van der Waals surface area contributed by atoms with Crippen molar-refractivity contribution < 1.29 is 14.3 Å². The average molecular weight is 522 g/mol. The molecule has 0 radical (unpaired) electrons. The fraction of sp³-hybridized carbons (Fsp3) is 0.241. The maximum Gasteiger partial charge on any atom is 0.230 e. The SMILES string of the molecule is Cc1cccc(-c2[nH]c(C3OCC(C)(C(=O)NCc4ccccn4)CO3)nc2-c2ccc3nccnc3c2)n1. The van der Waals surface area contributed by atoms with Crippen molar-refractivity contribution in [3.05, 3.63) is 90.4 Å². The summed E-state index contributed by atoms with van der Waals surface area (Å²) in [5.41, 5.74) is 5.43. The van der Waals surface area contributed by atoms with E-state index >= 15 is 0 Å². The lowest BCUT2D eigenvalue weighted by molar-refractivity contribution is -0.231. The Hall–Kier alpha value is -4.54. The van der Waals surface area contributed by atoms with Gasteiger partial charge in [0.25, 0.3) is 0 Å². The number of ether oxygens (including phenoxy) is 2. The molecular formula is C29H27N7O3. The zero-order chi connectivity index (χ0) is 26.8. The molecule has 10 heteroatoms. The second kappa shape index (κ2) is 10.3. The predicted octanol–water partition coefficient (Wildman–Crippen LogP) is 4.15. The van der Waals surface area contributed by atoms with E-state index in [1.54, 1.807) is 18.6 Å². The monoisotopic (exact) mass is 521 g/mol. The second-order valence-corrected chi connectivity index (χ2v) is 9.79. The second-order valence-electron chi connectivity index (χ2n) is 9.79. The van der Waals surface area contributed by atoms with Crippen molar-refractivity contribution >= 4 is 16.9 Å². The van der Waals surface area contributed by atoms with Gasteiger partial charge in [0.05, 0.1) is 59.0 Å². The Bertz CT molecular complexity index is 1630. The molecule has 1 saturated heterocycles. The molecule has 6 rings (SSSR count). The highest BCUT2D eigenvalue weighted by molar-refractivity contribution is 5.85. The Morgan fingerprint density at radius 2 is 1.79 bits per heavy atom. The molecule has 2 N–H and O–H groups in total. The highest BCUT2D eigenvalue weighted by atomic mass is 16.7. The highest BCUT2D eigenvalue weighted by Gasteiger charge is 2.40. The van der Waals surface area contributed by atoms with E-state index in [1.165, 1.54) is 0 Å². The Kier molecular flexibility index (Phi) is 6.55. The van der Waals surface area contributed by atoms with Crippen LogP contribution in [-0.4, -0.2) is 49.0 Å². The third-order valence-electron chi connectivity index (χ3n) is 6.64. The molecule has 1 aromatic carbocycles. The first-order valence-corrected chi connectivity index (χ1v) is 12.6. The fourth-order valence-corrected chi connectivity index (χ4v) is 4.48. The molecule has 0 spiro atoms. The molecule has 196 valence electrons. The standard InChI is InChI=1S/C29H27N7O3/c1-18-6-5-8-22(34-18)25-24(19-9-10-21-23(14-19)32-13-12-31-21)35-26(36-25)27-38-16-29(2,17-39-27)28(37)33-15-20-7-3-4-11-30-20/h3-14,27H,15-17H2,1-2H3,(H,33,37)(H,35,36). The molecule has 0 atom stereocenters. The van der Waals surface area contributed by atoms with Crippen LogP contribution in [0.3, 0.4) is 0 Å². The van der Waals surface area contributed by atoms with Gasteiger partial charge in [-0.1, -0.05) is 18.2 Å². The number of fused-ring (bicyclic) bond motifs is 1. The molecule has 5 aromatic rings. The summed E-state index contributed by atoms with van der Waals surface area (Å²) in [5.74, 6) is 0.340. The van der Waals surface area contributed by atoms with Gasteiger partial charge in [-0.3, -0.25) is 24.7 Å². The van der Waals surface area contributed by atoms with Gasteiger partial charge in [-0.15, -0.1) is 0 Å². The molecule has 4 aromatic heterocycles. The van der Waals surface area contributed by atoms with Gasteiger partial charge in [0.15, 0.2) is 5.82 Å². The number of hydrogen-bond donors (Lipinski definition) is 2. The summed E-state index contributed by atoms with van der Waals surface area (Å²) in [6, 6.07) is 17.2. The van der Waals surface area contributed by atoms with E-state index in [4.69, 9.17) is 19.4 Å².